The van der Waals surface area contributed by atoms with Gasteiger partial charge in [-0.2, -0.15) is 11.8 Å². The van der Waals surface area contributed by atoms with E-state index in [0.29, 0.717) is 12.1 Å². The topological polar surface area (TPSA) is 51.0 Å². The molecule has 0 aliphatic heterocycles. The second kappa shape index (κ2) is 8.19. The summed E-state index contributed by atoms with van der Waals surface area (Å²) in [6.07, 6.45) is 7.58. The van der Waals surface area contributed by atoms with Gasteiger partial charge in [0.25, 0.3) is 5.91 Å². The molecule has 0 saturated heterocycles. The quantitative estimate of drug-likeness (QED) is 0.669. The largest absolute Gasteiger partial charge is 0.337 e. The average molecular weight is 366 g/mol. The Morgan fingerprint density at radius 2 is 2.08 bits per heavy atom. The first kappa shape index (κ1) is 18.2. The maximum absolute atomic E-state index is 12.8. The van der Waals surface area contributed by atoms with Gasteiger partial charge in [0, 0.05) is 49.6 Å². The Balaban J connectivity index is 1.77. The van der Waals surface area contributed by atoms with Crippen LogP contribution in [0.15, 0.2) is 55.0 Å². The van der Waals surface area contributed by atoms with Crippen LogP contribution in [0, 0.1) is 0 Å². The number of thioether (sulfide) groups is 1. The lowest BCUT2D eigenvalue weighted by Crippen LogP contribution is -2.27. The summed E-state index contributed by atoms with van der Waals surface area (Å²) in [4.78, 5) is 23.3. The van der Waals surface area contributed by atoms with Gasteiger partial charge in [-0.05, 0) is 30.0 Å². The summed E-state index contributed by atoms with van der Waals surface area (Å²) in [6.45, 7) is 0.466. The molecule has 1 aromatic carbocycles. The number of imidazole rings is 1. The number of carbonyl (C=O) groups is 1. The summed E-state index contributed by atoms with van der Waals surface area (Å²) < 4.78 is 1.92. The van der Waals surface area contributed by atoms with Crippen LogP contribution in [0.2, 0.25) is 0 Å². The Morgan fingerprint density at radius 3 is 2.73 bits per heavy atom. The van der Waals surface area contributed by atoms with Gasteiger partial charge in [0.1, 0.15) is 5.82 Å². The monoisotopic (exact) mass is 366 g/mol. The standard InChI is InChI=1S/C20H22N4OS/c1-23-10-9-21-19(23)13-24(2)20(25)17-6-4-5-16(11-17)18-8-7-15(12-22-18)14-26-3/h4-12H,13-14H2,1-3H3. The molecule has 0 atom stereocenters. The van der Waals surface area contributed by atoms with Crippen molar-refractivity contribution in [2.75, 3.05) is 13.3 Å². The highest BCUT2D eigenvalue weighted by Gasteiger charge is 2.14. The first-order chi connectivity index (χ1) is 12.6. The van der Waals surface area contributed by atoms with Crippen LogP contribution in [0.25, 0.3) is 11.3 Å². The van der Waals surface area contributed by atoms with E-state index in [2.05, 4.69) is 22.3 Å². The Bertz CT molecular complexity index is 889. The first-order valence-corrected chi connectivity index (χ1v) is 9.74. The van der Waals surface area contributed by atoms with Crippen molar-refractivity contribution in [3.63, 3.8) is 0 Å². The third-order valence-electron chi connectivity index (χ3n) is 4.19. The van der Waals surface area contributed by atoms with Crippen LogP contribution >= 0.6 is 11.8 Å². The third kappa shape index (κ3) is 4.14. The van der Waals surface area contributed by atoms with E-state index in [-0.39, 0.29) is 5.91 Å². The molecule has 0 unspecified atom stereocenters. The molecule has 134 valence electrons. The van der Waals surface area contributed by atoms with E-state index in [1.807, 2.05) is 54.3 Å². The lowest BCUT2D eigenvalue weighted by atomic mass is 10.1. The van der Waals surface area contributed by atoms with Crippen molar-refractivity contribution in [1.82, 2.24) is 19.4 Å². The normalized spacial score (nSPS) is 10.7. The highest BCUT2D eigenvalue weighted by molar-refractivity contribution is 7.97. The fourth-order valence-corrected chi connectivity index (χ4v) is 3.22. The second-order valence-corrected chi connectivity index (χ2v) is 7.05. The minimum Gasteiger partial charge on any atom is -0.337 e. The molecule has 0 saturated carbocycles. The van der Waals surface area contributed by atoms with Gasteiger partial charge in [0.05, 0.1) is 12.2 Å². The fraction of sp³-hybridized carbons (Fsp3) is 0.250. The molecule has 0 aliphatic carbocycles. The van der Waals surface area contributed by atoms with E-state index in [4.69, 9.17) is 0 Å². The van der Waals surface area contributed by atoms with Crippen molar-refractivity contribution in [3.8, 4) is 11.3 Å². The van der Waals surface area contributed by atoms with Crippen molar-refractivity contribution in [2.45, 2.75) is 12.3 Å². The van der Waals surface area contributed by atoms with Gasteiger partial charge in [-0.3, -0.25) is 9.78 Å². The average Bonchev–Trinajstić information content (AvgIpc) is 3.06. The highest BCUT2D eigenvalue weighted by Crippen LogP contribution is 2.20. The number of hydrogen-bond acceptors (Lipinski definition) is 4. The molecule has 5 nitrogen and oxygen atoms in total. The van der Waals surface area contributed by atoms with Crippen molar-refractivity contribution in [2.24, 2.45) is 7.05 Å². The molecule has 26 heavy (non-hydrogen) atoms. The van der Waals surface area contributed by atoms with E-state index in [1.165, 1.54) is 5.56 Å². The van der Waals surface area contributed by atoms with Crippen LogP contribution in [-0.4, -0.2) is 38.6 Å². The van der Waals surface area contributed by atoms with Gasteiger partial charge in [-0.25, -0.2) is 4.98 Å². The van der Waals surface area contributed by atoms with Crippen LogP contribution in [0.1, 0.15) is 21.7 Å². The second-order valence-electron chi connectivity index (χ2n) is 6.18. The van der Waals surface area contributed by atoms with Gasteiger partial charge < -0.3 is 9.47 Å². The number of nitrogens with zero attached hydrogens (tertiary/aromatic N) is 4. The van der Waals surface area contributed by atoms with E-state index in [0.717, 1.165) is 22.8 Å². The van der Waals surface area contributed by atoms with Crippen LogP contribution in [-0.2, 0) is 19.3 Å². The molecule has 2 aromatic heterocycles. The predicted molar refractivity (Wildman–Crippen MR) is 106 cm³/mol. The van der Waals surface area contributed by atoms with Gasteiger partial charge in [-0.1, -0.05) is 18.2 Å². The molecular formula is C20H22N4OS. The summed E-state index contributed by atoms with van der Waals surface area (Å²) in [6, 6.07) is 11.7. The molecule has 1 amide bonds. The first-order valence-electron chi connectivity index (χ1n) is 8.34. The van der Waals surface area contributed by atoms with Crippen LogP contribution < -0.4 is 0 Å². The Kier molecular flexibility index (Phi) is 5.73. The molecule has 0 radical (unpaired) electrons. The molecular weight excluding hydrogens is 344 g/mol. The Morgan fingerprint density at radius 1 is 1.23 bits per heavy atom. The smallest absolute Gasteiger partial charge is 0.254 e. The maximum Gasteiger partial charge on any atom is 0.254 e. The lowest BCUT2D eigenvalue weighted by Gasteiger charge is -2.17. The van der Waals surface area contributed by atoms with E-state index >= 15 is 0 Å². The maximum atomic E-state index is 12.8. The van der Waals surface area contributed by atoms with Gasteiger partial charge in [0.2, 0.25) is 0 Å². The molecule has 3 rings (SSSR count). The summed E-state index contributed by atoms with van der Waals surface area (Å²) in [7, 11) is 3.72. The van der Waals surface area contributed by atoms with Crippen molar-refractivity contribution < 1.29 is 4.79 Å². The Labute approximate surface area is 158 Å². The van der Waals surface area contributed by atoms with Gasteiger partial charge in [-0.15, -0.1) is 0 Å². The zero-order valence-electron chi connectivity index (χ0n) is 15.2. The fourth-order valence-electron chi connectivity index (χ4n) is 2.71. The lowest BCUT2D eigenvalue weighted by molar-refractivity contribution is 0.0780. The number of carbonyl (C=O) groups excluding carboxylic acids is 1. The molecule has 0 fully saturated rings. The van der Waals surface area contributed by atoms with Crippen LogP contribution in [0.3, 0.4) is 0 Å². The number of aryl methyl sites for hydroxylation is 1. The van der Waals surface area contributed by atoms with Crippen molar-refractivity contribution in [3.05, 3.63) is 71.9 Å². The zero-order chi connectivity index (χ0) is 18.5. The zero-order valence-corrected chi connectivity index (χ0v) is 16.0. The number of rotatable bonds is 6. The molecule has 0 N–H and O–H groups in total. The molecule has 2 heterocycles. The van der Waals surface area contributed by atoms with E-state index in [1.54, 1.807) is 29.9 Å². The van der Waals surface area contributed by atoms with Gasteiger partial charge in [0.15, 0.2) is 0 Å². The third-order valence-corrected chi connectivity index (χ3v) is 4.81. The number of amides is 1. The summed E-state index contributed by atoms with van der Waals surface area (Å²) in [5.41, 5.74) is 3.66. The number of hydrogen-bond donors (Lipinski definition) is 0. The Hall–Kier alpha value is -2.60. The van der Waals surface area contributed by atoms with E-state index < -0.39 is 0 Å². The van der Waals surface area contributed by atoms with Crippen LogP contribution in [0.5, 0.6) is 0 Å². The minimum absolute atomic E-state index is 0.0335. The van der Waals surface area contributed by atoms with Crippen molar-refractivity contribution in [1.29, 1.82) is 0 Å². The molecule has 6 heteroatoms. The minimum atomic E-state index is -0.0335. The predicted octanol–water partition coefficient (Wildman–Crippen LogP) is 3.62. The number of benzene rings is 1. The summed E-state index contributed by atoms with van der Waals surface area (Å²) in [5, 5.41) is 0. The summed E-state index contributed by atoms with van der Waals surface area (Å²) >= 11 is 1.77. The number of pyridine rings is 1. The molecule has 0 aliphatic rings. The van der Waals surface area contributed by atoms with E-state index in [9.17, 15) is 4.79 Å². The van der Waals surface area contributed by atoms with Crippen LogP contribution in [0.4, 0.5) is 0 Å². The van der Waals surface area contributed by atoms with Gasteiger partial charge >= 0.3 is 0 Å². The molecule has 0 bridgehead atoms. The number of aromatic nitrogens is 3. The molecule has 3 aromatic rings. The summed E-state index contributed by atoms with van der Waals surface area (Å²) in [5.74, 6) is 1.76. The molecule has 0 spiro atoms. The van der Waals surface area contributed by atoms with Crippen molar-refractivity contribution >= 4 is 17.7 Å². The SMILES string of the molecule is CSCc1ccc(-c2cccc(C(=O)N(C)Cc3nccn3C)c2)nc1. The highest BCUT2D eigenvalue weighted by atomic mass is 32.2.